The minimum atomic E-state index is 0.752. The van der Waals surface area contributed by atoms with Crippen LogP contribution in [0.2, 0.25) is 0 Å². The van der Waals surface area contributed by atoms with Gasteiger partial charge in [0.05, 0.1) is 6.54 Å². The van der Waals surface area contributed by atoms with Crippen LogP contribution in [0.25, 0.3) is 10.9 Å². The highest BCUT2D eigenvalue weighted by molar-refractivity contribution is 5.83. The zero-order valence-electron chi connectivity index (χ0n) is 19.5. The molecule has 1 aliphatic heterocycles. The Morgan fingerprint density at radius 1 is 1.09 bits per heavy atom. The predicted octanol–water partition coefficient (Wildman–Crippen LogP) is 4.19. The van der Waals surface area contributed by atoms with E-state index in [1.54, 1.807) is 12.7 Å². The van der Waals surface area contributed by atoms with Crippen molar-refractivity contribution in [2.24, 2.45) is 5.92 Å². The van der Waals surface area contributed by atoms with Gasteiger partial charge < -0.3 is 9.88 Å². The molecule has 2 aromatic carbocycles. The first kappa shape index (κ1) is 21.9. The van der Waals surface area contributed by atoms with Gasteiger partial charge in [-0.25, -0.2) is 9.67 Å². The summed E-state index contributed by atoms with van der Waals surface area (Å²) in [7, 11) is 2.28. The topological polar surface area (TPSA) is 53.0 Å². The molecule has 1 aliphatic rings. The number of likely N-dealkylation sites (tertiary alicyclic amines) is 1. The number of nitrogens with zero attached hydrogens (tertiary/aromatic N) is 5. The molecule has 0 bridgehead atoms. The molecule has 1 N–H and O–H groups in total. The lowest BCUT2D eigenvalue weighted by Gasteiger charge is -2.34. The lowest BCUT2D eigenvalue weighted by Crippen LogP contribution is -2.40. The Labute approximate surface area is 196 Å². The summed E-state index contributed by atoms with van der Waals surface area (Å²) in [5, 5.41) is 5.56. The van der Waals surface area contributed by atoms with E-state index in [1.807, 2.05) is 4.68 Å². The lowest BCUT2D eigenvalue weighted by molar-refractivity contribution is 0.138. The van der Waals surface area contributed by atoms with Crippen molar-refractivity contribution in [2.45, 2.75) is 32.4 Å². The van der Waals surface area contributed by atoms with E-state index in [0.29, 0.717) is 0 Å². The zero-order chi connectivity index (χ0) is 22.5. The van der Waals surface area contributed by atoms with Crippen LogP contribution in [0.3, 0.4) is 0 Å². The number of rotatable bonds is 9. The Morgan fingerprint density at radius 2 is 2.00 bits per heavy atom. The van der Waals surface area contributed by atoms with E-state index in [1.165, 1.54) is 60.1 Å². The summed E-state index contributed by atoms with van der Waals surface area (Å²) in [6.07, 6.45) is 9.24. The highest BCUT2D eigenvalue weighted by Gasteiger charge is 2.21. The summed E-state index contributed by atoms with van der Waals surface area (Å²) >= 11 is 0. The highest BCUT2D eigenvalue weighted by atomic mass is 15.3. The number of aromatic amines is 1. The van der Waals surface area contributed by atoms with Gasteiger partial charge in [0.15, 0.2) is 0 Å². The minimum Gasteiger partial charge on any atom is -0.361 e. The number of benzene rings is 2. The third-order valence-corrected chi connectivity index (χ3v) is 6.83. The summed E-state index contributed by atoms with van der Waals surface area (Å²) in [6, 6.07) is 17.5. The number of H-pyrrole nitrogens is 1. The fourth-order valence-electron chi connectivity index (χ4n) is 5.16. The van der Waals surface area contributed by atoms with E-state index in [2.05, 4.69) is 86.6 Å². The van der Waals surface area contributed by atoms with Crippen molar-refractivity contribution in [3.8, 4) is 0 Å². The Balaban J connectivity index is 1.15. The van der Waals surface area contributed by atoms with Crippen LogP contribution >= 0.6 is 0 Å². The van der Waals surface area contributed by atoms with Crippen LogP contribution in [0.4, 0.5) is 0 Å². The van der Waals surface area contributed by atoms with Gasteiger partial charge >= 0.3 is 0 Å². The summed E-state index contributed by atoms with van der Waals surface area (Å²) < 4.78 is 1.87. The van der Waals surface area contributed by atoms with E-state index in [0.717, 1.165) is 32.0 Å². The van der Waals surface area contributed by atoms with E-state index < -0.39 is 0 Å². The van der Waals surface area contributed by atoms with Crippen LogP contribution in [0, 0.1) is 5.92 Å². The molecule has 172 valence electrons. The monoisotopic (exact) mass is 442 g/mol. The van der Waals surface area contributed by atoms with Crippen LogP contribution in [0.5, 0.6) is 0 Å². The van der Waals surface area contributed by atoms with Gasteiger partial charge in [-0.1, -0.05) is 36.4 Å². The molecule has 33 heavy (non-hydrogen) atoms. The van der Waals surface area contributed by atoms with Crippen molar-refractivity contribution in [3.05, 3.63) is 84.1 Å². The van der Waals surface area contributed by atoms with Crippen molar-refractivity contribution in [1.82, 2.24) is 29.5 Å². The standard InChI is InChI=1S/C27H34N6/c1-31(16-24-8-5-12-32(18-24)17-22-6-3-2-4-7-22)13-11-25-15-29-27-10-9-23(14-26(25)27)19-33-21-28-20-30-33/h2-4,6-7,9-10,14-15,20-21,24,29H,5,8,11-13,16-19H2,1H3. The Hall–Kier alpha value is -2.96. The van der Waals surface area contributed by atoms with Crippen LogP contribution in [0.15, 0.2) is 67.4 Å². The molecule has 0 amide bonds. The first-order chi connectivity index (χ1) is 16.2. The molecule has 1 atom stereocenters. The Kier molecular flexibility index (Phi) is 6.84. The molecule has 2 aromatic heterocycles. The number of nitrogens with one attached hydrogen (secondary N) is 1. The van der Waals surface area contributed by atoms with Gasteiger partial charge in [-0.3, -0.25) is 4.90 Å². The lowest BCUT2D eigenvalue weighted by atomic mass is 9.97. The SMILES string of the molecule is CN(CCc1c[nH]c2ccc(Cn3cncn3)cc12)CC1CCCN(Cc2ccccc2)C1. The maximum atomic E-state index is 4.23. The van der Waals surface area contributed by atoms with Crippen molar-refractivity contribution < 1.29 is 0 Å². The quantitative estimate of drug-likeness (QED) is 0.422. The second-order valence-corrected chi connectivity index (χ2v) is 9.53. The molecular formula is C27H34N6. The molecular weight excluding hydrogens is 408 g/mol. The van der Waals surface area contributed by atoms with E-state index >= 15 is 0 Å². The molecule has 1 saturated heterocycles. The highest BCUT2D eigenvalue weighted by Crippen LogP contribution is 2.22. The fraction of sp³-hybridized carbons (Fsp3) is 0.407. The average molecular weight is 443 g/mol. The zero-order valence-corrected chi connectivity index (χ0v) is 19.5. The number of fused-ring (bicyclic) bond motifs is 1. The summed E-state index contributed by atoms with van der Waals surface area (Å²) in [4.78, 5) is 12.7. The average Bonchev–Trinajstić information content (AvgIpc) is 3.48. The Morgan fingerprint density at radius 3 is 2.85 bits per heavy atom. The number of hydrogen-bond donors (Lipinski definition) is 1. The van der Waals surface area contributed by atoms with Crippen LogP contribution in [-0.2, 0) is 19.5 Å². The van der Waals surface area contributed by atoms with E-state index in [4.69, 9.17) is 0 Å². The third kappa shape index (κ3) is 5.70. The van der Waals surface area contributed by atoms with Crippen molar-refractivity contribution >= 4 is 10.9 Å². The second kappa shape index (κ2) is 10.3. The van der Waals surface area contributed by atoms with Gasteiger partial charge in [0.1, 0.15) is 12.7 Å². The second-order valence-electron chi connectivity index (χ2n) is 9.53. The van der Waals surface area contributed by atoms with Gasteiger partial charge in [0.25, 0.3) is 0 Å². The van der Waals surface area contributed by atoms with Gasteiger partial charge in [-0.2, -0.15) is 5.10 Å². The number of hydrogen-bond acceptors (Lipinski definition) is 4. The largest absolute Gasteiger partial charge is 0.361 e. The molecule has 1 fully saturated rings. The first-order valence-electron chi connectivity index (χ1n) is 12.1. The van der Waals surface area contributed by atoms with Gasteiger partial charge in [-0.05, 0) is 67.6 Å². The molecule has 1 unspecified atom stereocenters. The number of aromatic nitrogens is 4. The van der Waals surface area contributed by atoms with Gasteiger partial charge in [0, 0.05) is 43.3 Å². The molecule has 6 nitrogen and oxygen atoms in total. The van der Waals surface area contributed by atoms with E-state index in [-0.39, 0.29) is 0 Å². The Bertz CT molecular complexity index is 1130. The van der Waals surface area contributed by atoms with Crippen molar-refractivity contribution in [2.75, 3.05) is 33.2 Å². The van der Waals surface area contributed by atoms with Gasteiger partial charge in [0.2, 0.25) is 0 Å². The maximum Gasteiger partial charge on any atom is 0.137 e. The van der Waals surface area contributed by atoms with Crippen molar-refractivity contribution in [3.63, 3.8) is 0 Å². The number of likely N-dealkylation sites (N-methyl/N-ethyl adjacent to an activating group) is 1. The van der Waals surface area contributed by atoms with Gasteiger partial charge in [-0.15, -0.1) is 0 Å². The minimum absolute atomic E-state index is 0.752. The number of piperidine rings is 1. The third-order valence-electron chi connectivity index (χ3n) is 6.83. The molecule has 0 radical (unpaired) electrons. The summed E-state index contributed by atoms with van der Waals surface area (Å²) in [5.41, 5.74) is 5.28. The summed E-state index contributed by atoms with van der Waals surface area (Å²) in [5.74, 6) is 0.754. The molecule has 0 aliphatic carbocycles. The normalized spacial score (nSPS) is 17.2. The molecule has 5 rings (SSSR count). The first-order valence-corrected chi connectivity index (χ1v) is 12.1. The summed E-state index contributed by atoms with van der Waals surface area (Å²) in [6.45, 7) is 6.51. The molecule has 0 spiro atoms. The molecule has 4 aromatic rings. The molecule has 0 saturated carbocycles. The molecule has 6 heteroatoms. The maximum absolute atomic E-state index is 4.23. The van der Waals surface area contributed by atoms with E-state index in [9.17, 15) is 0 Å². The van der Waals surface area contributed by atoms with Crippen LogP contribution in [-0.4, -0.2) is 62.8 Å². The predicted molar refractivity (Wildman–Crippen MR) is 133 cm³/mol. The fourth-order valence-corrected chi connectivity index (χ4v) is 5.16. The van der Waals surface area contributed by atoms with Crippen molar-refractivity contribution in [1.29, 1.82) is 0 Å². The van der Waals surface area contributed by atoms with Crippen LogP contribution in [0.1, 0.15) is 29.5 Å². The molecule has 3 heterocycles. The van der Waals surface area contributed by atoms with Crippen LogP contribution < -0.4 is 0 Å². The smallest absolute Gasteiger partial charge is 0.137 e.